The van der Waals surface area contributed by atoms with Gasteiger partial charge in [-0.1, -0.05) is 322 Å². The summed E-state index contributed by atoms with van der Waals surface area (Å²) in [6.45, 7) is 0. The van der Waals surface area contributed by atoms with Gasteiger partial charge in [-0.2, -0.15) is 0 Å². The summed E-state index contributed by atoms with van der Waals surface area (Å²) >= 11 is 0. The summed E-state index contributed by atoms with van der Waals surface area (Å²) in [6.07, 6.45) is 0. The van der Waals surface area contributed by atoms with Gasteiger partial charge in [-0.25, -0.2) is 0 Å². The van der Waals surface area contributed by atoms with Crippen molar-refractivity contribution >= 4 is 101 Å². The highest BCUT2D eigenvalue weighted by Gasteiger charge is 2.43. The predicted molar refractivity (Wildman–Crippen MR) is 340 cm³/mol. The number of rotatable bonds is 11. The fourth-order valence-corrected chi connectivity index (χ4v) is 22.6. The lowest BCUT2D eigenvalue weighted by Crippen LogP contribution is -2.74. The minimum Gasteiger partial charge on any atom is -0.0623 e. The van der Waals surface area contributed by atoms with Crippen LogP contribution in [0.2, 0.25) is 0 Å². The predicted octanol–water partition coefficient (Wildman–Crippen LogP) is 14.1. The summed E-state index contributed by atoms with van der Waals surface area (Å²) in [5, 5.41) is 20.7. The second-order valence-corrected chi connectivity index (χ2v) is 28.3. The van der Waals surface area contributed by atoms with Crippen LogP contribution in [0.5, 0.6) is 0 Å². The first-order valence-electron chi connectivity index (χ1n) is 27.1. The van der Waals surface area contributed by atoms with Crippen LogP contribution in [0.25, 0.3) is 76.5 Å². The van der Waals surface area contributed by atoms with E-state index in [2.05, 4.69) is 328 Å². The van der Waals surface area contributed by atoms with Crippen molar-refractivity contribution in [1.29, 1.82) is 0 Å². The molecule has 366 valence electrons. The molecule has 0 amide bonds. The van der Waals surface area contributed by atoms with Crippen LogP contribution >= 0.6 is 0 Å². The molecule has 0 nitrogen and oxygen atoms in total. The monoisotopic (exact) mass is 1020 g/mol. The Labute approximate surface area is 458 Å². The van der Waals surface area contributed by atoms with Gasteiger partial charge in [0.15, 0.2) is 16.1 Å². The molecule has 0 saturated carbocycles. The van der Waals surface area contributed by atoms with Gasteiger partial charge in [-0.05, 0) is 124 Å². The Morgan fingerprint density at radius 3 is 1.00 bits per heavy atom. The molecular formula is C76H54Si2. The van der Waals surface area contributed by atoms with Gasteiger partial charge in [0.05, 0.1) is 0 Å². The van der Waals surface area contributed by atoms with Crippen LogP contribution in [0.1, 0.15) is 0 Å². The Morgan fingerprint density at radius 1 is 0.167 bits per heavy atom. The minimum absolute atomic E-state index is 1.19. The molecule has 0 spiro atoms. The summed E-state index contributed by atoms with van der Waals surface area (Å²) < 4.78 is 0. The molecular weight excluding hydrogens is 969 g/mol. The number of hydrogen-bond acceptors (Lipinski definition) is 0. The fourth-order valence-electron chi connectivity index (χ4n) is 13.1. The van der Waals surface area contributed by atoms with Crippen molar-refractivity contribution in [1.82, 2.24) is 0 Å². The molecule has 14 aromatic rings. The van der Waals surface area contributed by atoms with Crippen molar-refractivity contribution in [3.8, 4) is 33.4 Å². The second kappa shape index (κ2) is 19.9. The Kier molecular flexibility index (Phi) is 12.0. The fraction of sp³-hybridized carbons (Fsp3) is 0. The second-order valence-electron chi connectivity index (χ2n) is 20.6. The number of fused-ring (bicyclic) bond motifs is 4. The van der Waals surface area contributed by atoms with Crippen LogP contribution in [0.4, 0.5) is 0 Å². The van der Waals surface area contributed by atoms with E-state index in [0.717, 1.165) is 0 Å². The van der Waals surface area contributed by atoms with Gasteiger partial charge >= 0.3 is 0 Å². The molecule has 0 aliphatic rings. The standard InChI is InChI=1S/C76H54Si2/c1-7-28-61(29-8-1)77(62-30-9-2-10-31-62,63-32-11-3-12-33-63)67-49-51-72-73(53-67)75(58-45-42-56(43-46-58)60-47-44-55-24-19-20-26-59(55)52-60)71-50-48-68(54-74(71)76(72)70-41-23-27-57-25-21-22-40-69(57)70)78(64-34-13-4-14-35-64,65-36-15-5-16-37-65)66-38-17-6-18-39-66/h1-54H. The lowest BCUT2D eigenvalue weighted by Gasteiger charge is -2.35. The average Bonchev–Trinajstić information content (AvgIpc) is 3.67. The van der Waals surface area contributed by atoms with E-state index in [1.807, 2.05) is 0 Å². The molecule has 14 rings (SSSR count). The lowest BCUT2D eigenvalue weighted by atomic mass is 9.84. The summed E-state index contributed by atoms with van der Waals surface area (Å²) in [7, 11) is -5.93. The highest BCUT2D eigenvalue weighted by molar-refractivity contribution is 7.20. The van der Waals surface area contributed by atoms with E-state index in [1.54, 1.807) is 0 Å². The SMILES string of the molecule is c1ccc([Si](c2ccccc2)(c2ccccc2)c2ccc3c(-c4cccc5ccccc45)c4cc([Si](c5ccccc5)(c5ccccc5)c5ccccc5)ccc4c(-c4ccc(-c5ccc6ccccc6c5)cc4)c3c2)cc1. The van der Waals surface area contributed by atoms with Gasteiger partial charge in [0.25, 0.3) is 0 Å². The molecule has 0 atom stereocenters. The molecule has 0 aromatic heterocycles. The molecule has 78 heavy (non-hydrogen) atoms. The maximum atomic E-state index is 2.61. The van der Waals surface area contributed by atoms with Gasteiger partial charge in [0.2, 0.25) is 0 Å². The van der Waals surface area contributed by atoms with Gasteiger partial charge in [-0.15, -0.1) is 0 Å². The third-order valence-electron chi connectivity index (χ3n) is 16.5. The zero-order valence-corrected chi connectivity index (χ0v) is 45.2. The van der Waals surface area contributed by atoms with Crippen molar-refractivity contribution in [3.05, 3.63) is 328 Å². The minimum atomic E-state index is -2.97. The average molecular weight is 1020 g/mol. The third kappa shape index (κ3) is 7.79. The highest BCUT2D eigenvalue weighted by atomic mass is 28.3. The van der Waals surface area contributed by atoms with E-state index in [4.69, 9.17) is 0 Å². The van der Waals surface area contributed by atoms with Crippen LogP contribution in [-0.4, -0.2) is 16.1 Å². The van der Waals surface area contributed by atoms with E-state index < -0.39 is 16.1 Å². The Hall–Kier alpha value is -9.45. The Bertz CT molecular complexity index is 4250. The van der Waals surface area contributed by atoms with E-state index in [1.165, 1.54) is 118 Å². The molecule has 0 heterocycles. The van der Waals surface area contributed by atoms with Crippen molar-refractivity contribution in [2.45, 2.75) is 0 Å². The maximum Gasteiger partial charge on any atom is 0.179 e. The smallest absolute Gasteiger partial charge is 0.0623 e. The summed E-state index contributed by atoms with van der Waals surface area (Å²) in [6, 6.07) is 124. The van der Waals surface area contributed by atoms with Crippen LogP contribution in [0.3, 0.4) is 0 Å². The Balaban J connectivity index is 1.14. The van der Waals surface area contributed by atoms with E-state index in [0.29, 0.717) is 0 Å². The zero-order valence-electron chi connectivity index (χ0n) is 43.2. The highest BCUT2D eigenvalue weighted by Crippen LogP contribution is 2.46. The molecule has 2 heteroatoms. The van der Waals surface area contributed by atoms with Gasteiger partial charge < -0.3 is 0 Å². The first kappa shape index (κ1) is 47.0. The normalized spacial score (nSPS) is 11.8. The molecule has 0 unspecified atom stereocenters. The van der Waals surface area contributed by atoms with Crippen molar-refractivity contribution in [2.75, 3.05) is 0 Å². The number of benzene rings is 14. The van der Waals surface area contributed by atoms with Crippen molar-refractivity contribution in [3.63, 3.8) is 0 Å². The van der Waals surface area contributed by atoms with Crippen LogP contribution < -0.4 is 41.5 Å². The van der Waals surface area contributed by atoms with Crippen molar-refractivity contribution in [2.24, 2.45) is 0 Å². The number of hydrogen-bond donors (Lipinski definition) is 0. The van der Waals surface area contributed by atoms with Gasteiger partial charge in [0.1, 0.15) is 0 Å². The molecule has 14 aromatic carbocycles. The largest absolute Gasteiger partial charge is 0.179 e. The molecule has 0 aliphatic carbocycles. The summed E-state index contributed by atoms with van der Waals surface area (Å²) in [5.74, 6) is 0. The third-order valence-corrected chi connectivity index (χ3v) is 26.1. The molecule has 0 aliphatic heterocycles. The molecule has 0 saturated heterocycles. The Morgan fingerprint density at radius 2 is 0.526 bits per heavy atom. The first-order chi connectivity index (χ1) is 38.7. The van der Waals surface area contributed by atoms with E-state index >= 15 is 0 Å². The quantitative estimate of drug-likeness (QED) is 0.0688. The van der Waals surface area contributed by atoms with Crippen molar-refractivity contribution < 1.29 is 0 Å². The van der Waals surface area contributed by atoms with Crippen LogP contribution in [0.15, 0.2) is 328 Å². The zero-order chi connectivity index (χ0) is 51.9. The molecule has 0 fully saturated rings. The lowest BCUT2D eigenvalue weighted by molar-refractivity contribution is 1.63. The first-order valence-corrected chi connectivity index (χ1v) is 31.1. The van der Waals surface area contributed by atoms with Gasteiger partial charge in [-0.3, -0.25) is 0 Å². The molecule has 0 N–H and O–H groups in total. The van der Waals surface area contributed by atoms with E-state index in [-0.39, 0.29) is 0 Å². The van der Waals surface area contributed by atoms with Crippen LogP contribution in [-0.2, 0) is 0 Å². The summed E-state index contributed by atoms with van der Waals surface area (Å²) in [5.41, 5.74) is 7.32. The van der Waals surface area contributed by atoms with E-state index in [9.17, 15) is 0 Å². The summed E-state index contributed by atoms with van der Waals surface area (Å²) in [4.78, 5) is 0. The van der Waals surface area contributed by atoms with Gasteiger partial charge in [0, 0.05) is 0 Å². The van der Waals surface area contributed by atoms with Crippen LogP contribution in [0, 0.1) is 0 Å². The molecule has 0 bridgehead atoms. The maximum absolute atomic E-state index is 2.97. The molecule has 0 radical (unpaired) electrons. The topological polar surface area (TPSA) is 0 Å².